The number of fused-ring (bicyclic) bond motifs is 1. The van der Waals surface area contributed by atoms with E-state index in [9.17, 15) is 9.59 Å². The Bertz CT molecular complexity index is 835. The van der Waals surface area contributed by atoms with Gasteiger partial charge in [-0.1, -0.05) is 18.2 Å². The fourth-order valence-electron chi connectivity index (χ4n) is 3.08. The zero-order valence-electron chi connectivity index (χ0n) is 14.0. The summed E-state index contributed by atoms with van der Waals surface area (Å²) >= 11 is 0. The molecule has 1 aromatic carbocycles. The van der Waals surface area contributed by atoms with Crippen molar-refractivity contribution < 1.29 is 9.59 Å². The summed E-state index contributed by atoms with van der Waals surface area (Å²) in [6, 6.07) is 7.87. The van der Waals surface area contributed by atoms with Gasteiger partial charge in [-0.2, -0.15) is 0 Å². The normalized spacial score (nSPS) is 15.0. The summed E-state index contributed by atoms with van der Waals surface area (Å²) < 4.78 is 1.97. The number of imide groups is 1. The Morgan fingerprint density at radius 2 is 1.83 bits per heavy atom. The van der Waals surface area contributed by atoms with E-state index in [0.717, 1.165) is 29.3 Å². The summed E-state index contributed by atoms with van der Waals surface area (Å²) in [5.74, 6) is -0.548. The quantitative estimate of drug-likeness (QED) is 0.618. The molecule has 2 aromatic rings. The van der Waals surface area contributed by atoms with Crippen LogP contribution in [0.4, 0.5) is 0 Å². The molecule has 1 aromatic heterocycles. The van der Waals surface area contributed by atoms with Crippen LogP contribution in [0.15, 0.2) is 36.2 Å². The highest BCUT2D eigenvalue weighted by atomic mass is 16.2. The highest BCUT2D eigenvalue weighted by Crippen LogP contribution is 2.33. The van der Waals surface area contributed by atoms with Gasteiger partial charge < -0.3 is 15.6 Å². The lowest BCUT2D eigenvalue weighted by Crippen LogP contribution is -2.30. The van der Waals surface area contributed by atoms with E-state index in [1.165, 1.54) is 11.9 Å². The first kappa shape index (κ1) is 16.3. The number of carbonyl (C=O) groups excluding carboxylic acids is 2. The van der Waals surface area contributed by atoms with Gasteiger partial charge in [0.15, 0.2) is 0 Å². The van der Waals surface area contributed by atoms with Crippen LogP contribution in [0.2, 0.25) is 0 Å². The fraction of sp³-hybridized carbons (Fsp3) is 0.333. The number of likely N-dealkylation sites (N-methyl/N-ethyl adjacent to an activating group) is 1. The maximum Gasteiger partial charge on any atom is 0.277 e. The summed E-state index contributed by atoms with van der Waals surface area (Å²) in [5, 5.41) is 4.12. The topological polar surface area (TPSA) is 80.4 Å². The van der Waals surface area contributed by atoms with Crippen molar-refractivity contribution in [2.75, 3.05) is 20.1 Å². The van der Waals surface area contributed by atoms with Crippen LogP contribution in [0.5, 0.6) is 0 Å². The van der Waals surface area contributed by atoms with Crippen LogP contribution in [0.3, 0.4) is 0 Å². The van der Waals surface area contributed by atoms with Crippen molar-refractivity contribution in [2.24, 2.45) is 12.8 Å². The summed E-state index contributed by atoms with van der Waals surface area (Å²) in [5.41, 5.74) is 8.16. The number of amides is 2. The monoisotopic (exact) mass is 326 g/mol. The second-order valence-electron chi connectivity index (χ2n) is 6.01. The van der Waals surface area contributed by atoms with Crippen LogP contribution in [-0.4, -0.2) is 41.4 Å². The predicted octanol–water partition coefficient (Wildman–Crippen LogP) is 1.22. The zero-order valence-corrected chi connectivity index (χ0v) is 14.0. The third kappa shape index (κ3) is 2.59. The van der Waals surface area contributed by atoms with Gasteiger partial charge in [-0.05, 0) is 25.5 Å². The Morgan fingerprint density at radius 1 is 1.08 bits per heavy atom. The number of aryl methyl sites for hydroxylation is 1. The molecule has 6 nitrogen and oxygen atoms in total. The van der Waals surface area contributed by atoms with Crippen molar-refractivity contribution in [3.8, 4) is 0 Å². The van der Waals surface area contributed by atoms with Crippen LogP contribution >= 0.6 is 0 Å². The standard InChI is InChI=1S/C18H22N4O2/c1-21-11-13(12-7-3-4-8-14(12)21)15-16(20-10-6-5-9-19)18(24)22(2)17(15)23/h3-4,7-8,11,20H,5-6,9-10,19H2,1-2H3. The van der Waals surface area contributed by atoms with Gasteiger partial charge in [-0.15, -0.1) is 0 Å². The average Bonchev–Trinajstić information content (AvgIpc) is 3.02. The first-order chi connectivity index (χ1) is 11.6. The Kier molecular flexibility index (Phi) is 4.40. The van der Waals surface area contributed by atoms with E-state index < -0.39 is 0 Å². The number of nitrogens with zero attached hydrogens (tertiary/aromatic N) is 2. The van der Waals surface area contributed by atoms with E-state index >= 15 is 0 Å². The molecule has 0 unspecified atom stereocenters. The van der Waals surface area contributed by atoms with E-state index in [-0.39, 0.29) is 11.8 Å². The Hall–Kier alpha value is -2.60. The van der Waals surface area contributed by atoms with E-state index in [4.69, 9.17) is 5.73 Å². The smallest absolute Gasteiger partial charge is 0.277 e. The molecule has 2 amide bonds. The summed E-state index contributed by atoms with van der Waals surface area (Å²) in [6.45, 7) is 1.23. The third-order valence-corrected chi connectivity index (χ3v) is 4.39. The van der Waals surface area contributed by atoms with E-state index in [2.05, 4.69) is 5.32 Å². The molecule has 0 radical (unpaired) electrons. The lowest BCUT2D eigenvalue weighted by atomic mass is 10.0. The number of hydrogen-bond donors (Lipinski definition) is 2. The van der Waals surface area contributed by atoms with Gasteiger partial charge in [-0.3, -0.25) is 14.5 Å². The molecule has 0 saturated heterocycles. The molecule has 3 N–H and O–H groups in total. The number of hydrogen-bond acceptors (Lipinski definition) is 4. The van der Waals surface area contributed by atoms with Crippen molar-refractivity contribution in [3.05, 3.63) is 41.7 Å². The Balaban J connectivity index is 2.07. The Morgan fingerprint density at radius 3 is 2.58 bits per heavy atom. The van der Waals surface area contributed by atoms with Gasteiger partial charge in [-0.25, -0.2) is 0 Å². The second kappa shape index (κ2) is 6.49. The predicted molar refractivity (Wildman–Crippen MR) is 93.9 cm³/mol. The van der Waals surface area contributed by atoms with Crippen LogP contribution < -0.4 is 11.1 Å². The number of rotatable bonds is 6. The SMILES string of the molecule is CN1C(=O)C(NCCCCN)=C(c2cn(C)c3ccccc23)C1=O. The Labute approximate surface area is 140 Å². The van der Waals surface area contributed by atoms with Gasteiger partial charge in [0.1, 0.15) is 5.70 Å². The van der Waals surface area contributed by atoms with Gasteiger partial charge in [0, 0.05) is 43.3 Å². The molecule has 2 heterocycles. The molecule has 0 spiro atoms. The van der Waals surface area contributed by atoms with Gasteiger partial charge in [0.25, 0.3) is 11.8 Å². The number of nitrogens with one attached hydrogen (secondary N) is 1. The molecule has 6 heteroatoms. The molecule has 1 aliphatic rings. The van der Waals surface area contributed by atoms with Crippen LogP contribution in [-0.2, 0) is 16.6 Å². The fourth-order valence-corrected chi connectivity index (χ4v) is 3.08. The number of carbonyl (C=O) groups is 2. The number of nitrogens with two attached hydrogens (primary N) is 1. The molecule has 0 fully saturated rings. The molecule has 0 aliphatic carbocycles. The second-order valence-corrected chi connectivity index (χ2v) is 6.01. The van der Waals surface area contributed by atoms with E-state index in [0.29, 0.717) is 24.4 Å². The van der Waals surface area contributed by atoms with E-state index in [1.807, 2.05) is 42.1 Å². The summed E-state index contributed by atoms with van der Waals surface area (Å²) in [6.07, 6.45) is 3.64. The summed E-state index contributed by atoms with van der Waals surface area (Å²) in [4.78, 5) is 26.3. The van der Waals surface area contributed by atoms with Crippen molar-refractivity contribution in [3.63, 3.8) is 0 Å². The van der Waals surface area contributed by atoms with Crippen LogP contribution in [0.1, 0.15) is 18.4 Å². The number of unbranched alkanes of at least 4 members (excludes halogenated alkanes) is 1. The van der Waals surface area contributed by atoms with Crippen molar-refractivity contribution in [1.29, 1.82) is 0 Å². The summed E-state index contributed by atoms with van der Waals surface area (Å²) in [7, 11) is 3.45. The third-order valence-electron chi connectivity index (χ3n) is 4.39. The van der Waals surface area contributed by atoms with Gasteiger partial charge in [0.05, 0.1) is 5.57 Å². The molecular weight excluding hydrogens is 304 g/mol. The molecular formula is C18H22N4O2. The maximum absolute atomic E-state index is 12.6. The minimum Gasteiger partial charge on any atom is -0.380 e. The lowest BCUT2D eigenvalue weighted by molar-refractivity contribution is -0.135. The van der Waals surface area contributed by atoms with Crippen molar-refractivity contribution in [2.45, 2.75) is 12.8 Å². The first-order valence-corrected chi connectivity index (χ1v) is 8.11. The zero-order chi connectivity index (χ0) is 17.3. The lowest BCUT2D eigenvalue weighted by Gasteiger charge is -2.08. The minimum atomic E-state index is -0.282. The van der Waals surface area contributed by atoms with Crippen LogP contribution in [0.25, 0.3) is 16.5 Å². The largest absolute Gasteiger partial charge is 0.380 e. The van der Waals surface area contributed by atoms with Gasteiger partial charge in [0.2, 0.25) is 0 Å². The molecule has 0 bridgehead atoms. The molecule has 0 saturated carbocycles. The highest BCUT2D eigenvalue weighted by Gasteiger charge is 2.37. The maximum atomic E-state index is 12.6. The van der Waals surface area contributed by atoms with E-state index in [1.54, 1.807) is 0 Å². The van der Waals surface area contributed by atoms with Crippen molar-refractivity contribution >= 4 is 28.3 Å². The molecule has 126 valence electrons. The minimum absolute atomic E-state index is 0.266. The number of benzene rings is 1. The van der Waals surface area contributed by atoms with Gasteiger partial charge >= 0.3 is 0 Å². The first-order valence-electron chi connectivity index (χ1n) is 8.11. The molecule has 0 atom stereocenters. The molecule has 24 heavy (non-hydrogen) atoms. The number of aromatic nitrogens is 1. The average molecular weight is 326 g/mol. The molecule has 3 rings (SSSR count). The van der Waals surface area contributed by atoms with Crippen LogP contribution in [0, 0.1) is 0 Å². The highest BCUT2D eigenvalue weighted by molar-refractivity contribution is 6.36. The number of para-hydroxylation sites is 1. The van der Waals surface area contributed by atoms with Crippen molar-refractivity contribution in [1.82, 2.24) is 14.8 Å². The molecule has 1 aliphatic heterocycles.